The van der Waals surface area contributed by atoms with E-state index in [4.69, 9.17) is 11.6 Å². The van der Waals surface area contributed by atoms with Gasteiger partial charge in [0.15, 0.2) is 11.6 Å². The van der Waals surface area contributed by atoms with Gasteiger partial charge in [-0.15, -0.1) is 0 Å². The van der Waals surface area contributed by atoms with E-state index in [2.05, 4.69) is 15.0 Å². The number of benzene rings is 1. The first-order valence-electron chi connectivity index (χ1n) is 5.10. The van der Waals surface area contributed by atoms with E-state index in [0.29, 0.717) is 27.4 Å². The van der Waals surface area contributed by atoms with Crippen LogP contribution in [0.4, 0.5) is 8.78 Å². The summed E-state index contributed by atoms with van der Waals surface area (Å²) < 4.78 is 26.2. The Kier molecular flexibility index (Phi) is 2.48. The van der Waals surface area contributed by atoms with E-state index >= 15 is 0 Å². The summed E-state index contributed by atoms with van der Waals surface area (Å²) in [7, 11) is 0. The minimum atomic E-state index is -0.929. The van der Waals surface area contributed by atoms with Gasteiger partial charge in [0.1, 0.15) is 5.82 Å². The Bertz CT molecular complexity index is 700. The van der Waals surface area contributed by atoms with Crippen molar-refractivity contribution >= 4 is 22.6 Å². The molecule has 3 aromatic rings. The molecule has 2 heterocycles. The number of halogens is 3. The molecule has 0 fully saturated rings. The third kappa shape index (κ3) is 1.73. The van der Waals surface area contributed by atoms with Crippen LogP contribution < -0.4 is 0 Å². The molecular weight excluding hydrogens is 260 g/mol. The van der Waals surface area contributed by atoms with Crippen LogP contribution in [0.15, 0.2) is 30.6 Å². The molecule has 18 heavy (non-hydrogen) atoms. The summed E-state index contributed by atoms with van der Waals surface area (Å²) in [5, 5.41) is 0.414. The van der Waals surface area contributed by atoms with Gasteiger partial charge in [-0.3, -0.25) is 4.98 Å². The number of hydrogen-bond donors (Lipinski definition) is 1. The predicted molar refractivity (Wildman–Crippen MR) is 64.3 cm³/mol. The predicted octanol–water partition coefficient (Wildman–Crippen LogP) is 3.56. The number of rotatable bonds is 1. The number of H-pyrrole nitrogens is 1. The van der Waals surface area contributed by atoms with Gasteiger partial charge in [0.25, 0.3) is 0 Å². The van der Waals surface area contributed by atoms with Crippen LogP contribution in [0.2, 0.25) is 5.02 Å². The second-order valence-electron chi connectivity index (χ2n) is 3.72. The normalized spacial score (nSPS) is 11.1. The van der Waals surface area contributed by atoms with Gasteiger partial charge in [-0.25, -0.2) is 13.8 Å². The minimum absolute atomic E-state index is 0.344. The lowest BCUT2D eigenvalue weighted by atomic mass is 10.2. The second kappa shape index (κ2) is 4.03. The van der Waals surface area contributed by atoms with E-state index < -0.39 is 11.6 Å². The van der Waals surface area contributed by atoms with Crippen molar-refractivity contribution in [3.8, 4) is 11.4 Å². The van der Waals surface area contributed by atoms with Crippen molar-refractivity contribution < 1.29 is 8.78 Å². The largest absolute Gasteiger partial charge is 0.338 e. The van der Waals surface area contributed by atoms with Crippen molar-refractivity contribution in [1.82, 2.24) is 15.0 Å². The third-order valence-corrected chi connectivity index (χ3v) is 2.85. The summed E-state index contributed by atoms with van der Waals surface area (Å²) in [6.45, 7) is 0. The highest BCUT2D eigenvalue weighted by atomic mass is 35.5. The van der Waals surface area contributed by atoms with Crippen LogP contribution in [0, 0.1) is 11.6 Å². The highest BCUT2D eigenvalue weighted by Crippen LogP contribution is 2.27. The Morgan fingerprint density at radius 1 is 1.17 bits per heavy atom. The molecule has 3 rings (SSSR count). The first kappa shape index (κ1) is 11.1. The number of aromatic nitrogens is 3. The molecule has 0 saturated heterocycles. The van der Waals surface area contributed by atoms with Crippen molar-refractivity contribution in [1.29, 1.82) is 0 Å². The molecule has 2 aromatic heterocycles. The number of pyridine rings is 1. The smallest absolute Gasteiger partial charge is 0.161 e. The molecule has 0 aliphatic rings. The van der Waals surface area contributed by atoms with Gasteiger partial charge in [-0.05, 0) is 6.07 Å². The van der Waals surface area contributed by atoms with Gasteiger partial charge in [0, 0.05) is 30.1 Å². The first-order valence-corrected chi connectivity index (χ1v) is 5.47. The van der Waals surface area contributed by atoms with Gasteiger partial charge in [0.05, 0.1) is 16.1 Å². The van der Waals surface area contributed by atoms with Crippen molar-refractivity contribution in [2.24, 2.45) is 0 Å². The average Bonchev–Trinajstić information content (AvgIpc) is 2.73. The summed E-state index contributed by atoms with van der Waals surface area (Å²) in [4.78, 5) is 10.9. The molecule has 90 valence electrons. The number of nitrogens with one attached hydrogen (secondary N) is 1. The molecule has 0 unspecified atom stereocenters. The molecule has 1 N–H and O–H groups in total. The van der Waals surface area contributed by atoms with Crippen LogP contribution >= 0.6 is 11.6 Å². The number of fused-ring (bicyclic) bond motifs is 1. The maximum atomic E-state index is 13.1. The molecular formula is C12H6ClF2N3. The van der Waals surface area contributed by atoms with E-state index in [1.165, 1.54) is 6.20 Å². The third-order valence-electron chi connectivity index (χ3n) is 2.55. The second-order valence-corrected chi connectivity index (χ2v) is 4.13. The molecule has 0 atom stereocenters. The van der Waals surface area contributed by atoms with Gasteiger partial charge < -0.3 is 4.98 Å². The molecule has 0 saturated carbocycles. The van der Waals surface area contributed by atoms with Crippen molar-refractivity contribution in [3.63, 3.8) is 0 Å². The molecule has 0 spiro atoms. The van der Waals surface area contributed by atoms with Crippen LogP contribution in [0.3, 0.4) is 0 Å². The van der Waals surface area contributed by atoms with Gasteiger partial charge in [-0.1, -0.05) is 11.6 Å². The van der Waals surface area contributed by atoms with Gasteiger partial charge in [-0.2, -0.15) is 0 Å². The molecule has 0 bridgehead atoms. The Labute approximate surface area is 105 Å². The zero-order valence-electron chi connectivity index (χ0n) is 8.92. The van der Waals surface area contributed by atoms with Crippen LogP contribution in [-0.2, 0) is 0 Å². The van der Waals surface area contributed by atoms with Crippen LogP contribution in [0.25, 0.3) is 22.4 Å². The Morgan fingerprint density at radius 3 is 2.72 bits per heavy atom. The molecule has 0 aliphatic carbocycles. The average molecular weight is 266 g/mol. The van der Waals surface area contributed by atoms with Crippen LogP contribution in [-0.4, -0.2) is 15.0 Å². The molecule has 0 amide bonds. The van der Waals surface area contributed by atoms with Crippen LogP contribution in [0.1, 0.15) is 0 Å². The number of hydrogen-bond acceptors (Lipinski definition) is 2. The fraction of sp³-hybridized carbons (Fsp3) is 0. The molecule has 0 radical (unpaired) electrons. The Morgan fingerprint density at radius 2 is 1.94 bits per heavy atom. The topological polar surface area (TPSA) is 41.6 Å². The SMILES string of the molecule is Fc1cc2nc(-c3ccncc3Cl)[nH]c2cc1F. The van der Waals surface area contributed by atoms with Crippen molar-refractivity contribution in [2.45, 2.75) is 0 Å². The maximum Gasteiger partial charge on any atom is 0.161 e. The first-order chi connectivity index (χ1) is 8.65. The Balaban J connectivity index is 2.23. The highest BCUT2D eigenvalue weighted by molar-refractivity contribution is 6.33. The zero-order valence-corrected chi connectivity index (χ0v) is 9.67. The highest BCUT2D eigenvalue weighted by Gasteiger charge is 2.11. The number of nitrogens with zero attached hydrogens (tertiary/aromatic N) is 2. The van der Waals surface area contributed by atoms with Crippen molar-refractivity contribution in [3.05, 3.63) is 47.2 Å². The van der Waals surface area contributed by atoms with E-state index in [0.717, 1.165) is 12.1 Å². The standard InChI is InChI=1S/C12H6ClF2N3/c13-7-5-16-2-1-6(7)12-17-10-3-8(14)9(15)4-11(10)18-12/h1-5H,(H,17,18). The van der Waals surface area contributed by atoms with Crippen LogP contribution in [0.5, 0.6) is 0 Å². The summed E-state index contributed by atoms with van der Waals surface area (Å²) >= 11 is 5.98. The fourth-order valence-corrected chi connectivity index (χ4v) is 1.91. The lowest BCUT2D eigenvalue weighted by molar-refractivity contribution is 0.510. The van der Waals surface area contributed by atoms with Gasteiger partial charge in [0.2, 0.25) is 0 Å². The molecule has 6 heteroatoms. The van der Waals surface area contributed by atoms with Gasteiger partial charge >= 0.3 is 0 Å². The summed E-state index contributed by atoms with van der Waals surface area (Å²) in [6.07, 6.45) is 3.04. The number of imidazole rings is 1. The quantitative estimate of drug-likeness (QED) is 0.731. The van der Waals surface area contributed by atoms with E-state index in [9.17, 15) is 8.78 Å². The molecule has 1 aromatic carbocycles. The maximum absolute atomic E-state index is 13.1. The Hall–Kier alpha value is -2.01. The van der Waals surface area contributed by atoms with E-state index in [-0.39, 0.29) is 0 Å². The lowest BCUT2D eigenvalue weighted by Crippen LogP contribution is -1.82. The summed E-state index contributed by atoms with van der Waals surface area (Å²) in [5.41, 5.74) is 1.39. The molecule has 0 aliphatic heterocycles. The summed E-state index contributed by atoms with van der Waals surface area (Å²) in [5.74, 6) is -1.40. The summed E-state index contributed by atoms with van der Waals surface area (Å²) in [6, 6.07) is 3.78. The fourth-order valence-electron chi connectivity index (χ4n) is 1.70. The van der Waals surface area contributed by atoms with E-state index in [1.807, 2.05) is 0 Å². The van der Waals surface area contributed by atoms with Crippen molar-refractivity contribution in [2.75, 3.05) is 0 Å². The number of aromatic amines is 1. The molecule has 3 nitrogen and oxygen atoms in total. The van der Waals surface area contributed by atoms with E-state index in [1.54, 1.807) is 12.3 Å². The lowest BCUT2D eigenvalue weighted by Gasteiger charge is -1.97. The minimum Gasteiger partial charge on any atom is -0.338 e. The monoisotopic (exact) mass is 265 g/mol. The zero-order chi connectivity index (χ0) is 12.7.